The quantitative estimate of drug-likeness (QED) is 0.0320. The van der Waals surface area contributed by atoms with Crippen molar-refractivity contribution in [2.45, 2.75) is 373 Å². The summed E-state index contributed by atoms with van der Waals surface area (Å²) in [5.41, 5.74) is 0. The fourth-order valence-corrected chi connectivity index (χ4v) is 10.3. The molecule has 0 aliphatic rings. The van der Waals surface area contributed by atoms with Crippen LogP contribution in [0.15, 0.2) is 36.5 Å². The number of hydrogen-bond donors (Lipinski definition) is 3. The molecular weight excluding hydrogens is 911 g/mol. The number of hydrogen-bond acceptors (Lipinski definition) is 5. The van der Waals surface area contributed by atoms with Crippen LogP contribution in [-0.2, 0) is 14.3 Å². The van der Waals surface area contributed by atoms with E-state index in [0.717, 1.165) is 51.4 Å². The number of ether oxygens (including phenoxy) is 1. The highest BCUT2D eigenvalue weighted by Crippen LogP contribution is 2.18. The molecule has 2 unspecified atom stereocenters. The number of carbonyl (C=O) groups excluding carboxylic acids is 2. The van der Waals surface area contributed by atoms with Gasteiger partial charge in [0.1, 0.15) is 0 Å². The van der Waals surface area contributed by atoms with E-state index in [9.17, 15) is 19.8 Å². The van der Waals surface area contributed by atoms with Gasteiger partial charge in [-0.3, -0.25) is 9.59 Å². The predicted octanol–water partition coefficient (Wildman–Crippen LogP) is 21.1. The van der Waals surface area contributed by atoms with Crippen molar-refractivity contribution in [2.24, 2.45) is 0 Å². The smallest absolute Gasteiger partial charge is 0.305 e. The Balaban J connectivity index is 3.44. The number of esters is 1. The lowest BCUT2D eigenvalue weighted by molar-refractivity contribution is -0.143. The highest BCUT2D eigenvalue weighted by Gasteiger charge is 2.20. The normalized spacial score (nSPS) is 12.8. The number of unbranched alkanes of at least 4 members (excludes halogenated alkanes) is 45. The van der Waals surface area contributed by atoms with E-state index in [0.29, 0.717) is 25.9 Å². The molecule has 0 heterocycles. The van der Waals surface area contributed by atoms with E-state index in [2.05, 4.69) is 55.6 Å². The first-order chi connectivity index (χ1) is 36.5. The van der Waals surface area contributed by atoms with Crippen molar-refractivity contribution < 1.29 is 24.5 Å². The minimum atomic E-state index is -0.672. The molecule has 6 heteroatoms. The molecule has 1 amide bonds. The highest BCUT2D eigenvalue weighted by atomic mass is 16.5. The Morgan fingerprint density at radius 1 is 0.378 bits per heavy atom. The standard InChI is InChI=1S/C68H129NO5/c1-3-5-7-9-11-13-15-17-19-21-23-25-28-32-36-40-44-48-52-56-60-66(71)65(64-70)69-67(72)61-57-53-49-45-41-37-33-29-26-24-27-31-35-39-43-47-51-55-59-63-74-68(73)62-58-54-50-46-42-38-34-30-22-20-18-16-14-12-10-8-6-4-2/h14,16,20,22,24,26,65-66,70-71H,3-13,15,17-19,21,23,25,27-64H2,1-2H3,(H,69,72)/b16-14-,22-20-,26-24-. The molecule has 0 aliphatic carbocycles. The van der Waals surface area contributed by atoms with E-state index in [1.54, 1.807) is 0 Å². The number of aliphatic hydroxyl groups excluding tert-OH is 2. The zero-order chi connectivity index (χ0) is 53.6. The van der Waals surface area contributed by atoms with Crippen molar-refractivity contribution in [1.29, 1.82) is 0 Å². The molecule has 0 aromatic heterocycles. The largest absolute Gasteiger partial charge is 0.466 e. The van der Waals surface area contributed by atoms with Gasteiger partial charge in [0.25, 0.3) is 0 Å². The first-order valence-electron chi connectivity index (χ1n) is 33.2. The minimum absolute atomic E-state index is 0.00281. The molecule has 0 spiro atoms. The molecule has 0 rings (SSSR count). The Kier molecular flexibility index (Phi) is 62.0. The van der Waals surface area contributed by atoms with Crippen LogP contribution in [0.2, 0.25) is 0 Å². The molecule has 2 atom stereocenters. The average molecular weight is 1040 g/mol. The summed E-state index contributed by atoms with van der Waals surface area (Å²) < 4.78 is 5.49. The topological polar surface area (TPSA) is 95.9 Å². The monoisotopic (exact) mass is 1040 g/mol. The fraction of sp³-hybridized carbons (Fsp3) is 0.882. The van der Waals surface area contributed by atoms with Crippen LogP contribution in [-0.4, -0.2) is 47.4 Å². The predicted molar refractivity (Wildman–Crippen MR) is 324 cm³/mol. The van der Waals surface area contributed by atoms with E-state index in [1.165, 1.54) is 276 Å². The third-order valence-electron chi connectivity index (χ3n) is 15.4. The molecule has 0 saturated carbocycles. The van der Waals surface area contributed by atoms with Gasteiger partial charge in [-0.15, -0.1) is 0 Å². The lowest BCUT2D eigenvalue weighted by atomic mass is 10.0. The second-order valence-corrected chi connectivity index (χ2v) is 22.8. The first kappa shape index (κ1) is 72.1. The molecule has 436 valence electrons. The van der Waals surface area contributed by atoms with E-state index in [1.807, 2.05) is 0 Å². The van der Waals surface area contributed by atoms with Crippen molar-refractivity contribution >= 4 is 11.9 Å². The molecule has 74 heavy (non-hydrogen) atoms. The first-order valence-corrected chi connectivity index (χ1v) is 33.2. The van der Waals surface area contributed by atoms with Gasteiger partial charge in [-0.2, -0.15) is 0 Å². The molecule has 0 saturated heterocycles. The molecule has 3 N–H and O–H groups in total. The summed E-state index contributed by atoms with van der Waals surface area (Å²) in [7, 11) is 0. The maximum absolute atomic E-state index is 12.5. The molecule has 0 aromatic carbocycles. The van der Waals surface area contributed by atoms with Crippen LogP contribution in [0.1, 0.15) is 361 Å². The molecule has 0 fully saturated rings. The van der Waals surface area contributed by atoms with Gasteiger partial charge in [0.2, 0.25) is 5.91 Å². The number of carbonyl (C=O) groups is 2. The SMILES string of the molecule is CCCCCC/C=C\C/C=C\CCCCCCCCCC(=O)OCCCCCCCCCC/C=C\CCCCCCCCCC(=O)NC(CO)C(O)CCCCCCCCCCCCCCCCCCCCCC. The fourth-order valence-electron chi connectivity index (χ4n) is 10.3. The number of aliphatic hydroxyl groups is 2. The zero-order valence-corrected chi connectivity index (χ0v) is 49.8. The molecule has 0 bridgehead atoms. The average Bonchev–Trinajstić information content (AvgIpc) is 3.40. The summed E-state index contributed by atoms with van der Waals surface area (Å²) in [5, 5.41) is 23.4. The summed E-state index contributed by atoms with van der Waals surface area (Å²) in [5.74, 6) is -0.0446. The minimum Gasteiger partial charge on any atom is -0.466 e. The van der Waals surface area contributed by atoms with Crippen molar-refractivity contribution in [1.82, 2.24) is 5.32 Å². The molecule has 6 nitrogen and oxygen atoms in total. The Labute approximate surface area is 462 Å². The Hall–Kier alpha value is -1.92. The van der Waals surface area contributed by atoms with Crippen LogP contribution in [0.5, 0.6) is 0 Å². The van der Waals surface area contributed by atoms with E-state index in [4.69, 9.17) is 4.74 Å². The van der Waals surface area contributed by atoms with Crippen LogP contribution >= 0.6 is 0 Å². The van der Waals surface area contributed by atoms with Crippen molar-refractivity contribution in [3.63, 3.8) is 0 Å². The lowest BCUT2D eigenvalue weighted by Gasteiger charge is -2.22. The third kappa shape index (κ3) is 59.3. The Morgan fingerprint density at radius 3 is 1.05 bits per heavy atom. The van der Waals surface area contributed by atoms with Crippen LogP contribution < -0.4 is 5.32 Å². The van der Waals surface area contributed by atoms with Gasteiger partial charge in [0.15, 0.2) is 0 Å². The van der Waals surface area contributed by atoms with Gasteiger partial charge in [-0.05, 0) is 83.5 Å². The Bertz CT molecular complexity index is 1200. The van der Waals surface area contributed by atoms with E-state index >= 15 is 0 Å². The van der Waals surface area contributed by atoms with Gasteiger partial charge in [0, 0.05) is 12.8 Å². The number of nitrogens with one attached hydrogen (secondary N) is 1. The summed E-state index contributed by atoms with van der Waals surface area (Å²) >= 11 is 0. The van der Waals surface area contributed by atoms with Crippen molar-refractivity contribution in [3.05, 3.63) is 36.5 Å². The highest BCUT2D eigenvalue weighted by molar-refractivity contribution is 5.76. The lowest BCUT2D eigenvalue weighted by Crippen LogP contribution is -2.45. The van der Waals surface area contributed by atoms with E-state index < -0.39 is 12.1 Å². The van der Waals surface area contributed by atoms with Gasteiger partial charge in [-0.25, -0.2) is 0 Å². The van der Waals surface area contributed by atoms with Gasteiger partial charge < -0.3 is 20.3 Å². The molecular formula is C68H129NO5. The van der Waals surface area contributed by atoms with Crippen molar-refractivity contribution in [2.75, 3.05) is 13.2 Å². The van der Waals surface area contributed by atoms with Gasteiger partial charge in [0.05, 0.1) is 25.4 Å². The van der Waals surface area contributed by atoms with E-state index in [-0.39, 0.29) is 18.5 Å². The zero-order valence-electron chi connectivity index (χ0n) is 49.8. The summed E-state index contributed by atoms with van der Waals surface area (Å²) in [6, 6.07) is -0.550. The van der Waals surface area contributed by atoms with Crippen molar-refractivity contribution in [3.8, 4) is 0 Å². The van der Waals surface area contributed by atoms with Gasteiger partial charge >= 0.3 is 5.97 Å². The van der Waals surface area contributed by atoms with Crippen LogP contribution in [0.3, 0.4) is 0 Å². The maximum Gasteiger partial charge on any atom is 0.305 e. The summed E-state index contributed by atoms with van der Waals surface area (Å²) in [6.45, 7) is 4.95. The Morgan fingerprint density at radius 2 is 0.676 bits per heavy atom. The third-order valence-corrected chi connectivity index (χ3v) is 15.4. The molecule has 0 radical (unpaired) electrons. The molecule has 0 aromatic rings. The second-order valence-electron chi connectivity index (χ2n) is 22.8. The van der Waals surface area contributed by atoms with Crippen LogP contribution in [0.4, 0.5) is 0 Å². The molecule has 0 aliphatic heterocycles. The second kappa shape index (κ2) is 63.6. The summed E-state index contributed by atoms with van der Waals surface area (Å²) in [4.78, 5) is 24.6. The number of rotatable bonds is 62. The van der Waals surface area contributed by atoms with Crippen LogP contribution in [0.25, 0.3) is 0 Å². The van der Waals surface area contributed by atoms with Crippen LogP contribution in [0, 0.1) is 0 Å². The number of allylic oxidation sites excluding steroid dienone is 6. The summed E-state index contributed by atoms with van der Waals surface area (Å²) in [6.07, 6.45) is 80.2. The maximum atomic E-state index is 12.5. The van der Waals surface area contributed by atoms with Gasteiger partial charge in [-0.1, -0.05) is 301 Å². The number of amides is 1.